The Morgan fingerprint density at radius 2 is 2.05 bits per heavy atom. The molecule has 2 aromatic rings. The molecule has 3 rings (SSSR count). The summed E-state index contributed by atoms with van der Waals surface area (Å²) >= 11 is 0. The van der Waals surface area contributed by atoms with Gasteiger partial charge in [-0.15, -0.1) is 0 Å². The van der Waals surface area contributed by atoms with Crippen LogP contribution < -0.4 is 0 Å². The smallest absolute Gasteiger partial charge is 0.153 e. The Bertz CT molecular complexity index is 609. The third-order valence-electron chi connectivity index (χ3n) is 4.23. The van der Waals surface area contributed by atoms with E-state index in [1.807, 2.05) is 24.4 Å². The van der Waals surface area contributed by atoms with Gasteiger partial charge in [-0.1, -0.05) is 33.8 Å². The van der Waals surface area contributed by atoms with Crippen LogP contribution >= 0.6 is 0 Å². The van der Waals surface area contributed by atoms with Crippen molar-refractivity contribution in [3.8, 4) is 5.82 Å². The minimum atomic E-state index is 0.355. The molecule has 20 heavy (non-hydrogen) atoms. The maximum Gasteiger partial charge on any atom is 0.153 e. The van der Waals surface area contributed by atoms with E-state index in [0.717, 1.165) is 18.7 Å². The molecule has 106 valence electrons. The van der Waals surface area contributed by atoms with E-state index in [2.05, 4.69) is 37.4 Å². The SMILES string of the molecule is CC(C)c1nn(-c2ccccn2)c2c1CCC(C)(C)C2. The first-order chi connectivity index (χ1) is 9.48. The van der Waals surface area contributed by atoms with E-state index in [9.17, 15) is 0 Å². The average molecular weight is 269 g/mol. The van der Waals surface area contributed by atoms with Gasteiger partial charge >= 0.3 is 0 Å². The molecule has 0 unspecified atom stereocenters. The van der Waals surface area contributed by atoms with E-state index >= 15 is 0 Å². The second kappa shape index (κ2) is 4.72. The van der Waals surface area contributed by atoms with Crippen LogP contribution in [0.1, 0.15) is 57.0 Å². The van der Waals surface area contributed by atoms with Crippen molar-refractivity contribution < 1.29 is 0 Å². The fraction of sp³-hybridized carbons (Fsp3) is 0.529. The van der Waals surface area contributed by atoms with E-state index in [1.165, 1.54) is 23.4 Å². The van der Waals surface area contributed by atoms with Crippen molar-refractivity contribution in [2.24, 2.45) is 5.41 Å². The van der Waals surface area contributed by atoms with Gasteiger partial charge in [0, 0.05) is 6.20 Å². The van der Waals surface area contributed by atoms with Gasteiger partial charge in [-0.05, 0) is 48.3 Å². The Morgan fingerprint density at radius 1 is 1.25 bits per heavy atom. The van der Waals surface area contributed by atoms with Gasteiger partial charge in [-0.25, -0.2) is 9.67 Å². The van der Waals surface area contributed by atoms with Gasteiger partial charge in [0.1, 0.15) is 0 Å². The van der Waals surface area contributed by atoms with E-state index in [4.69, 9.17) is 5.10 Å². The zero-order chi connectivity index (χ0) is 14.3. The van der Waals surface area contributed by atoms with Crippen LogP contribution in [0.2, 0.25) is 0 Å². The predicted octanol–water partition coefficient (Wildman–Crippen LogP) is 3.91. The van der Waals surface area contributed by atoms with Crippen LogP contribution in [-0.2, 0) is 12.8 Å². The Balaban J connectivity index is 2.16. The standard InChI is InChI=1S/C17H23N3/c1-12(2)16-13-8-9-17(3,4)11-14(13)20(19-16)15-7-5-6-10-18-15/h5-7,10,12H,8-9,11H2,1-4H3. The highest BCUT2D eigenvalue weighted by Crippen LogP contribution is 2.38. The van der Waals surface area contributed by atoms with Gasteiger partial charge in [0.2, 0.25) is 0 Å². The van der Waals surface area contributed by atoms with E-state index < -0.39 is 0 Å². The van der Waals surface area contributed by atoms with Gasteiger partial charge in [-0.3, -0.25) is 0 Å². The molecular weight excluding hydrogens is 246 g/mol. The van der Waals surface area contributed by atoms with Crippen LogP contribution in [0.4, 0.5) is 0 Å². The van der Waals surface area contributed by atoms with E-state index in [0.29, 0.717) is 11.3 Å². The highest BCUT2D eigenvalue weighted by molar-refractivity contribution is 5.37. The van der Waals surface area contributed by atoms with Crippen LogP contribution in [0.3, 0.4) is 0 Å². The molecule has 2 heterocycles. The third kappa shape index (κ3) is 2.26. The Morgan fingerprint density at radius 3 is 2.70 bits per heavy atom. The fourth-order valence-corrected chi connectivity index (χ4v) is 3.10. The van der Waals surface area contributed by atoms with Crippen molar-refractivity contribution in [1.29, 1.82) is 0 Å². The summed E-state index contributed by atoms with van der Waals surface area (Å²) in [5.74, 6) is 1.41. The van der Waals surface area contributed by atoms with Crippen molar-refractivity contribution in [1.82, 2.24) is 14.8 Å². The second-order valence-corrected chi connectivity index (χ2v) is 6.91. The monoisotopic (exact) mass is 269 g/mol. The molecule has 0 bridgehead atoms. The van der Waals surface area contributed by atoms with Crippen molar-refractivity contribution in [3.05, 3.63) is 41.3 Å². The lowest BCUT2D eigenvalue weighted by molar-refractivity contribution is 0.308. The van der Waals surface area contributed by atoms with Crippen LogP contribution in [0.15, 0.2) is 24.4 Å². The van der Waals surface area contributed by atoms with Crippen molar-refractivity contribution in [2.75, 3.05) is 0 Å². The van der Waals surface area contributed by atoms with Crippen LogP contribution in [0.25, 0.3) is 5.82 Å². The van der Waals surface area contributed by atoms with Gasteiger partial charge in [0.05, 0.1) is 11.4 Å². The van der Waals surface area contributed by atoms with Gasteiger partial charge < -0.3 is 0 Å². The Labute approximate surface area is 121 Å². The number of hydrogen-bond acceptors (Lipinski definition) is 2. The first-order valence-corrected chi connectivity index (χ1v) is 7.50. The average Bonchev–Trinajstić information content (AvgIpc) is 2.77. The maximum absolute atomic E-state index is 4.88. The lowest BCUT2D eigenvalue weighted by Crippen LogP contribution is -2.24. The number of fused-ring (bicyclic) bond motifs is 1. The number of aromatic nitrogens is 3. The number of hydrogen-bond donors (Lipinski definition) is 0. The normalized spacial score (nSPS) is 17.2. The summed E-state index contributed by atoms with van der Waals surface area (Å²) in [6.45, 7) is 9.15. The Hall–Kier alpha value is -1.64. The highest BCUT2D eigenvalue weighted by Gasteiger charge is 2.32. The lowest BCUT2D eigenvalue weighted by Gasteiger charge is -2.30. The summed E-state index contributed by atoms with van der Waals surface area (Å²) in [5.41, 5.74) is 4.43. The zero-order valence-electron chi connectivity index (χ0n) is 12.8. The molecular formula is C17H23N3. The molecule has 0 fully saturated rings. The van der Waals surface area contributed by atoms with Crippen LogP contribution in [0.5, 0.6) is 0 Å². The quantitative estimate of drug-likeness (QED) is 0.827. The largest absolute Gasteiger partial charge is 0.237 e. The van der Waals surface area contributed by atoms with Crippen molar-refractivity contribution in [3.63, 3.8) is 0 Å². The van der Waals surface area contributed by atoms with Gasteiger partial charge in [0.25, 0.3) is 0 Å². The summed E-state index contributed by atoms with van der Waals surface area (Å²) in [6, 6.07) is 6.02. The first kappa shape index (κ1) is 13.3. The maximum atomic E-state index is 4.88. The molecule has 0 saturated carbocycles. The molecule has 0 aliphatic heterocycles. The van der Waals surface area contributed by atoms with E-state index in [1.54, 1.807) is 0 Å². The molecule has 0 spiro atoms. The molecule has 1 aliphatic carbocycles. The summed E-state index contributed by atoms with van der Waals surface area (Å²) in [6.07, 6.45) is 5.31. The fourth-order valence-electron chi connectivity index (χ4n) is 3.10. The Kier molecular flexibility index (Phi) is 3.15. The first-order valence-electron chi connectivity index (χ1n) is 7.50. The van der Waals surface area contributed by atoms with Crippen LogP contribution in [-0.4, -0.2) is 14.8 Å². The third-order valence-corrected chi connectivity index (χ3v) is 4.23. The molecule has 3 heteroatoms. The molecule has 0 atom stereocenters. The molecule has 0 N–H and O–H groups in total. The molecule has 0 radical (unpaired) electrons. The minimum Gasteiger partial charge on any atom is -0.237 e. The molecule has 0 aromatic carbocycles. The van der Waals surface area contributed by atoms with Crippen molar-refractivity contribution in [2.45, 2.75) is 52.9 Å². The second-order valence-electron chi connectivity index (χ2n) is 6.91. The number of pyridine rings is 1. The zero-order valence-corrected chi connectivity index (χ0v) is 12.8. The van der Waals surface area contributed by atoms with Gasteiger partial charge in [0.15, 0.2) is 5.82 Å². The summed E-state index contributed by atoms with van der Waals surface area (Å²) in [5, 5.41) is 4.88. The highest BCUT2D eigenvalue weighted by atomic mass is 15.3. The van der Waals surface area contributed by atoms with Crippen LogP contribution in [0, 0.1) is 5.41 Å². The minimum absolute atomic E-state index is 0.355. The summed E-state index contributed by atoms with van der Waals surface area (Å²) in [4.78, 5) is 4.48. The topological polar surface area (TPSA) is 30.7 Å². The predicted molar refractivity (Wildman–Crippen MR) is 81.3 cm³/mol. The summed E-state index contributed by atoms with van der Waals surface area (Å²) in [7, 11) is 0. The van der Waals surface area contributed by atoms with Gasteiger partial charge in [-0.2, -0.15) is 5.10 Å². The molecule has 2 aromatic heterocycles. The molecule has 0 saturated heterocycles. The number of nitrogens with zero attached hydrogens (tertiary/aromatic N) is 3. The molecule has 3 nitrogen and oxygen atoms in total. The molecule has 0 amide bonds. The van der Waals surface area contributed by atoms with Crippen molar-refractivity contribution >= 4 is 0 Å². The number of rotatable bonds is 2. The summed E-state index contributed by atoms with van der Waals surface area (Å²) < 4.78 is 2.07. The lowest BCUT2D eigenvalue weighted by atomic mass is 9.76. The molecule has 1 aliphatic rings. The van der Waals surface area contributed by atoms with E-state index in [-0.39, 0.29) is 0 Å².